The molecule has 0 radical (unpaired) electrons. The Bertz CT molecular complexity index is 890. The number of carbonyl (C=O) groups is 2. The Hall–Kier alpha value is -2.21. The van der Waals surface area contributed by atoms with E-state index in [2.05, 4.69) is 37.4 Å². The molecule has 2 amide bonds. The van der Waals surface area contributed by atoms with Gasteiger partial charge in [0.1, 0.15) is 9.88 Å². The molecule has 1 aromatic heterocycles. The summed E-state index contributed by atoms with van der Waals surface area (Å²) < 4.78 is 0. The van der Waals surface area contributed by atoms with Crippen molar-refractivity contribution in [2.75, 3.05) is 19.6 Å². The number of rotatable bonds is 6. The summed E-state index contributed by atoms with van der Waals surface area (Å²) in [5.41, 5.74) is 4.30. The number of piperidine rings is 1. The number of carbonyl (C=O) groups excluding carboxylic acids is 2. The van der Waals surface area contributed by atoms with Crippen molar-refractivity contribution in [1.82, 2.24) is 15.2 Å². The lowest BCUT2D eigenvalue weighted by molar-refractivity contribution is -0.121. The molecule has 3 rings (SSSR count). The standard InChI is InChI=1S/C23H31N3O2S/c1-5-7-20(27)24-13-18-8-6-11-26(14-18)23(28)21-17(4)25-22(29-21)19-10-9-15(2)12-16(19)3/h9-10,12,18H,5-8,11,13-14H2,1-4H3,(H,24,27). The lowest BCUT2D eigenvalue weighted by Crippen LogP contribution is -2.43. The van der Waals surface area contributed by atoms with Crippen LogP contribution in [0.1, 0.15) is 59.1 Å². The molecule has 6 heteroatoms. The smallest absolute Gasteiger partial charge is 0.265 e. The van der Waals surface area contributed by atoms with E-state index >= 15 is 0 Å². The summed E-state index contributed by atoms with van der Waals surface area (Å²) in [6, 6.07) is 6.32. The molecule has 1 aliphatic heterocycles. The Balaban J connectivity index is 1.70. The number of nitrogens with one attached hydrogen (secondary N) is 1. The van der Waals surface area contributed by atoms with Gasteiger partial charge in [-0.2, -0.15) is 0 Å². The van der Waals surface area contributed by atoms with E-state index in [0.717, 1.165) is 46.9 Å². The van der Waals surface area contributed by atoms with Gasteiger partial charge < -0.3 is 10.2 Å². The maximum atomic E-state index is 13.2. The molecule has 2 heterocycles. The van der Waals surface area contributed by atoms with Gasteiger partial charge >= 0.3 is 0 Å². The van der Waals surface area contributed by atoms with Crippen LogP contribution in [0.15, 0.2) is 18.2 Å². The van der Waals surface area contributed by atoms with Crippen LogP contribution < -0.4 is 5.32 Å². The first kappa shape index (κ1) is 21.5. The van der Waals surface area contributed by atoms with E-state index in [4.69, 9.17) is 4.98 Å². The van der Waals surface area contributed by atoms with Crippen LogP contribution >= 0.6 is 11.3 Å². The van der Waals surface area contributed by atoms with E-state index < -0.39 is 0 Å². The van der Waals surface area contributed by atoms with Crippen LogP contribution in [-0.2, 0) is 4.79 Å². The third-order valence-corrected chi connectivity index (χ3v) is 6.65. The highest BCUT2D eigenvalue weighted by atomic mass is 32.1. The van der Waals surface area contributed by atoms with Crippen molar-refractivity contribution < 1.29 is 9.59 Å². The minimum atomic E-state index is 0.0700. The highest BCUT2D eigenvalue weighted by Crippen LogP contribution is 2.32. The SMILES string of the molecule is CCCC(=O)NCC1CCCN(C(=O)c2sc(-c3ccc(C)cc3C)nc2C)C1. The highest BCUT2D eigenvalue weighted by Gasteiger charge is 2.27. The molecule has 0 aliphatic carbocycles. The molecule has 1 unspecified atom stereocenters. The molecule has 29 heavy (non-hydrogen) atoms. The monoisotopic (exact) mass is 413 g/mol. The second-order valence-electron chi connectivity index (χ2n) is 8.07. The number of aryl methyl sites for hydroxylation is 3. The molecule has 1 aliphatic rings. The van der Waals surface area contributed by atoms with Crippen molar-refractivity contribution in [3.63, 3.8) is 0 Å². The van der Waals surface area contributed by atoms with Gasteiger partial charge in [-0.15, -0.1) is 11.3 Å². The number of thiazole rings is 1. The topological polar surface area (TPSA) is 62.3 Å². The van der Waals surface area contributed by atoms with Crippen LogP contribution in [0.3, 0.4) is 0 Å². The zero-order valence-corrected chi connectivity index (χ0v) is 18.7. The van der Waals surface area contributed by atoms with Crippen molar-refractivity contribution in [1.29, 1.82) is 0 Å². The molecule has 0 bridgehead atoms. The number of aromatic nitrogens is 1. The maximum Gasteiger partial charge on any atom is 0.265 e. The summed E-state index contributed by atoms with van der Waals surface area (Å²) in [4.78, 5) is 32.3. The Kier molecular flexibility index (Phi) is 7.06. The molecule has 156 valence electrons. The van der Waals surface area contributed by atoms with Gasteiger partial charge in [0.15, 0.2) is 0 Å². The summed E-state index contributed by atoms with van der Waals surface area (Å²) in [5, 5.41) is 3.92. The molecule has 0 spiro atoms. The molecule has 1 atom stereocenters. The summed E-state index contributed by atoms with van der Waals surface area (Å²) in [6.07, 6.45) is 3.44. The fourth-order valence-corrected chi connectivity index (χ4v) is 5.02. The number of amides is 2. The summed E-state index contributed by atoms with van der Waals surface area (Å²) in [6.45, 7) is 10.2. The van der Waals surface area contributed by atoms with Crippen LogP contribution in [-0.4, -0.2) is 41.3 Å². The van der Waals surface area contributed by atoms with Crippen molar-refractivity contribution in [3.8, 4) is 10.6 Å². The minimum absolute atomic E-state index is 0.0700. The van der Waals surface area contributed by atoms with Gasteiger partial charge in [0, 0.05) is 31.6 Å². The van der Waals surface area contributed by atoms with E-state index in [9.17, 15) is 9.59 Å². The van der Waals surface area contributed by atoms with Crippen molar-refractivity contribution in [2.24, 2.45) is 5.92 Å². The highest BCUT2D eigenvalue weighted by molar-refractivity contribution is 7.17. The first-order chi connectivity index (χ1) is 13.9. The second-order valence-corrected chi connectivity index (χ2v) is 9.06. The molecule has 1 saturated heterocycles. The Morgan fingerprint density at radius 3 is 2.79 bits per heavy atom. The molecule has 0 saturated carbocycles. The fourth-order valence-electron chi connectivity index (χ4n) is 3.90. The van der Waals surface area contributed by atoms with Crippen LogP contribution in [0.2, 0.25) is 0 Å². The molecular weight excluding hydrogens is 382 g/mol. The van der Waals surface area contributed by atoms with Gasteiger partial charge in [0.25, 0.3) is 5.91 Å². The van der Waals surface area contributed by atoms with Crippen LogP contribution in [0.25, 0.3) is 10.6 Å². The largest absolute Gasteiger partial charge is 0.356 e. The van der Waals surface area contributed by atoms with Crippen molar-refractivity contribution >= 4 is 23.2 Å². The van der Waals surface area contributed by atoms with Gasteiger partial charge in [-0.1, -0.05) is 30.7 Å². The van der Waals surface area contributed by atoms with Gasteiger partial charge in [-0.05, 0) is 51.5 Å². The average molecular weight is 414 g/mol. The van der Waals surface area contributed by atoms with Crippen LogP contribution in [0.5, 0.6) is 0 Å². The first-order valence-electron chi connectivity index (χ1n) is 10.5. The van der Waals surface area contributed by atoms with Crippen molar-refractivity contribution in [3.05, 3.63) is 39.9 Å². The second kappa shape index (κ2) is 9.53. The quantitative estimate of drug-likeness (QED) is 0.758. The molecule has 1 fully saturated rings. The Morgan fingerprint density at radius 2 is 2.07 bits per heavy atom. The van der Waals surface area contributed by atoms with E-state index in [1.165, 1.54) is 22.5 Å². The zero-order chi connectivity index (χ0) is 21.0. The van der Waals surface area contributed by atoms with Gasteiger partial charge in [-0.3, -0.25) is 9.59 Å². The Morgan fingerprint density at radius 1 is 1.28 bits per heavy atom. The minimum Gasteiger partial charge on any atom is -0.356 e. The van der Waals surface area contributed by atoms with Crippen molar-refractivity contribution in [2.45, 2.75) is 53.4 Å². The number of likely N-dealkylation sites (tertiary alicyclic amines) is 1. The molecule has 1 N–H and O–H groups in total. The number of nitrogens with zero attached hydrogens (tertiary/aromatic N) is 2. The lowest BCUT2D eigenvalue weighted by atomic mass is 9.97. The first-order valence-corrected chi connectivity index (χ1v) is 11.3. The average Bonchev–Trinajstić information content (AvgIpc) is 3.07. The van der Waals surface area contributed by atoms with Crippen LogP contribution in [0.4, 0.5) is 0 Å². The predicted molar refractivity (Wildman–Crippen MR) is 118 cm³/mol. The van der Waals surface area contributed by atoms with E-state index in [1.54, 1.807) is 0 Å². The lowest BCUT2D eigenvalue weighted by Gasteiger charge is -2.32. The molecular formula is C23H31N3O2S. The van der Waals surface area contributed by atoms with E-state index in [0.29, 0.717) is 25.4 Å². The molecule has 5 nitrogen and oxygen atoms in total. The third-order valence-electron chi connectivity index (χ3n) is 5.47. The van der Waals surface area contributed by atoms with E-state index in [-0.39, 0.29) is 11.8 Å². The third kappa shape index (κ3) is 5.24. The van der Waals surface area contributed by atoms with Gasteiger partial charge in [0.2, 0.25) is 5.91 Å². The predicted octanol–water partition coefficient (Wildman–Crippen LogP) is 4.50. The van der Waals surface area contributed by atoms with Crippen LogP contribution in [0, 0.1) is 26.7 Å². The summed E-state index contributed by atoms with van der Waals surface area (Å²) in [5.74, 6) is 0.494. The molecule has 1 aromatic carbocycles. The van der Waals surface area contributed by atoms with E-state index in [1.807, 2.05) is 18.7 Å². The zero-order valence-electron chi connectivity index (χ0n) is 17.9. The number of benzene rings is 1. The Labute approximate surface area is 177 Å². The summed E-state index contributed by atoms with van der Waals surface area (Å²) >= 11 is 1.49. The normalized spacial score (nSPS) is 16.7. The number of hydrogen-bond donors (Lipinski definition) is 1. The van der Waals surface area contributed by atoms with Gasteiger partial charge in [-0.25, -0.2) is 4.98 Å². The molecule has 2 aromatic rings. The maximum absolute atomic E-state index is 13.2. The number of hydrogen-bond acceptors (Lipinski definition) is 4. The van der Waals surface area contributed by atoms with Gasteiger partial charge in [0.05, 0.1) is 5.69 Å². The fraction of sp³-hybridized carbons (Fsp3) is 0.522. The summed E-state index contributed by atoms with van der Waals surface area (Å²) in [7, 11) is 0.